The van der Waals surface area contributed by atoms with Gasteiger partial charge in [-0.05, 0) is 30.9 Å². The summed E-state index contributed by atoms with van der Waals surface area (Å²) in [5.74, 6) is 0.485. The van der Waals surface area contributed by atoms with Crippen LogP contribution in [0.2, 0.25) is 5.02 Å². The SMILES string of the molecule is O=C(NCCc1ccccc1Cl)C1CC1. The van der Waals surface area contributed by atoms with Gasteiger partial charge in [0.05, 0.1) is 0 Å². The average Bonchev–Trinajstić information content (AvgIpc) is 3.04. The second-order valence-electron chi connectivity index (χ2n) is 3.91. The van der Waals surface area contributed by atoms with Crippen LogP contribution >= 0.6 is 11.6 Å². The lowest BCUT2D eigenvalue weighted by Crippen LogP contribution is -2.26. The molecule has 1 fully saturated rings. The van der Waals surface area contributed by atoms with Gasteiger partial charge in [-0.2, -0.15) is 0 Å². The molecule has 80 valence electrons. The number of halogens is 1. The van der Waals surface area contributed by atoms with E-state index < -0.39 is 0 Å². The largest absolute Gasteiger partial charge is 0.356 e. The molecule has 0 heterocycles. The summed E-state index contributed by atoms with van der Waals surface area (Å²) in [6.45, 7) is 0.680. The first-order valence-electron chi connectivity index (χ1n) is 5.28. The zero-order valence-electron chi connectivity index (χ0n) is 8.50. The number of hydrogen-bond donors (Lipinski definition) is 1. The van der Waals surface area contributed by atoms with E-state index in [1.165, 1.54) is 0 Å². The van der Waals surface area contributed by atoms with Gasteiger partial charge in [0.1, 0.15) is 0 Å². The number of carbonyl (C=O) groups is 1. The molecule has 0 saturated heterocycles. The molecule has 15 heavy (non-hydrogen) atoms. The smallest absolute Gasteiger partial charge is 0.223 e. The molecule has 1 aliphatic carbocycles. The Labute approximate surface area is 94.6 Å². The number of benzene rings is 1. The minimum atomic E-state index is 0.196. The Hall–Kier alpha value is -1.02. The molecule has 1 saturated carbocycles. The van der Waals surface area contributed by atoms with Crippen molar-refractivity contribution in [2.24, 2.45) is 5.92 Å². The van der Waals surface area contributed by atoms with Crippen LogP contribution in [0, 0.1) is 5.92 Å². The van der Waals surface area contributed by atoms with Crippen molar-refractivity contribution < 1.29 is 4.79 Å². The molecule has 2 nitrogen and oxygen atoms in total. The van der Waals surface area contributed by atoms with Crippen LogP contribution < -0.4 is 5.32 Å². The fourth-order valence-corrected chi connectivity index (χ4v) is 1.74. The quantitative estimate of drug-likeness (QED) is 0.835. The van der Waals surface area contributed by atoms with Gasteiger partial charge in [0.2, 0.25) is 5.91 Å². The van der Waals surface area contributed by atoms with Gasteiger partial charge < -0.3 is 5.32 Å². The van der Waals surface area contributed by atoms with Crippen molar-refractivity contribution in [3.63, 3.8) is 0 Å². The second kappa shape index (κ2) is 4.67. The van der Waals surface area contributed by atoms with Crippen molar-refractivity contribution in [2.45, 2.75) is 19.3 Å². The fraction of sp³-hybridized carbons (Fsp3) is 0.417. The Kier molecular flexibility index (Phi) is 3.27. The van der Waals surface area contributed by atoms with Crippen LogP contribution in [0.5, 0.6) is 0 Å². The summed E-state index contributed by atoms with van der Waals surface area (Å²) in [6, 6.07) is 7.74. The number of carbonyl (C=O) groups excluding carboxylic acids is 1. The van der Waals surface area contributed by atoms with E-state index in [1.54, 1.807) is 0 Å². The number of rotatable bonds is 4. The van der Waals surface area contributed by atoms with Crippen LogP contribution in [0.1, 0.15) is 18.4 Å². The first-order valence-corrected chi connectivity index (χ1v) is 5.66. The molecular weight excluding hydrogens is 210 g/mol. The maximum atomic E-state index is 11.3. The van der Waals surface area contributed by atoms with E-state index in [2.05, 4.69) is 5.32 Å². The summed E-state index contributed by atoms with van der Waals surface area (Å²) < 4.78 is 0. The monoisotopic (exact) mass is 223 g/mol. The van der Waals surface area contributed by atoms with Crippen molar-refractivity contribution in [2.75, 3.05) is 6.54 Å². The van der Waals surface area contributed by atoms with E-state index in [0.29, 0.717) is 6.54 Å². The molecule has 3 heteroatoms. The molecule has 2 rings (SSSR count). The van der Waals surface area contributed by atoms with E-state index >= 15 is 0 Å². The van der Waals surface area contributed by atoms with Crippen molar-refractivity contribution in [1.29, 1.82) is 0 Å². The summed E-state index contributed by atoms with van der Waals surface area (Å²) in [7, 11) is 0. The van der Waals surface area contributed by atoms with Crippen LogP contribution in [0.15, 0.2) is 24.3 Å². The Morgan fingerprint density at radius 1 is 1.40 bits per heavy atom. The summed E-state index contributed by atoms with van der Waals surface area (Å²) in [5.41, 5.74) is 1.09. The normalized spacial score (nSPS) is 15.0. The van der Waals surface area contributed by atoms with Gasteiger partial charge in [-0.1, -0.05) is 29.8 Å². The first-order chi connectivity index (χ1) is 7.27. The molecule has 0 spiro atoms. The van der Waals surface area contributed by atoms with Crippen molar-refractivity contribution in [1.82, 2.24) is 5.32 Å². The summed E-state index contributed by atoms with van der Waals surface area (Å²) >= 11 is 6.00. The highest BCUT2D eigenvalue weighted by Crippen LogP contribution is 2.28. The lowest BCUT2D eigenvalue weighted by molar-refractivity contribution is -0.122. The van der Waals surface area contributed by atoms with Gasteiger partial charge in [-0.25, -0.2) is 0 Å². The van der Waals surface area contributed by atoms with Crippen LogP contribution in [-0.2, 0) is 11.2 Å². The molecule has 1 aromatic rings. The fourth-order valence-electron chi connectivity index (χ4n) is 1.51. The van der Waals surface area contributed by atoms with E-state index in [-0.39, 0.29) is 11.8 Å². The topological polar surface area (TPSA) is 29.1 Å². The molecule has 1 aliphatic rings. The molecule has 0 bridgehead atoms. The molecule has 0 atom stereocenters. The highest BCUT2D eigenvalue weighted by molar-refractivity contribution is 6.31. The predicted molar refractivity (Wildman–Crippen MR) is 60.9 cm³/mol. The maximum Gasteiger partial charge on any atom is 0.223 e. The molecular formula is C12H14ClNO. The highest BCUT2D eigenvalue weighted by Gasteiger charge is 2.28. The minimum Gasteiger partial charge on any atom is -0.356 e. The number of amides is 1. The van der Waals surface area contributed by atoms with Gasteiger partial charge in [-0.15, -0.1) is 0 Å². The van der Waals surface area contributed by atoms with E-state index in [0.717, 1.165) is 29.8 Å². The van der Waals surface area contributed by atoms with E-state index in [1.807, 2.05) is 24.3 Å². The average molecular weight is 224 g/mol. The Balaban J connectivity index is 1.78. The molecule has 0 radical (unpaired) electrons. The molecule has 0 aromatic heterocycles. The molecule has 1 amide bonds. The standard InChI is InChI=1S/C12H14ClNO/c13-11-4-2-1-3-9(11)7-8-14-12(15)10-5-6-10/h1-4,10H,5-8H2,(H,14,15). The molecule has 0 unspecified atom stereocenters. The predicted octanol–water partition coefficient (Wildman–Crippen LogP) is 2.41. The van der Waals surface area contributed by atoms with Crippen molar-refractivity contribution in [3.8, 4) is 0 Å². The van der Waals surface area contributed by atoms with Crippen LogP contribution in [0.4, 0.5) is 0 Å². The third-order valence-corrected chi connectivity index (χ3v) is 2.97. The lowest BCUT2D eigenvalue weighted by atomic mass is 10.1. The zero-order chi connectivity index (χ0) is 10.7. The third kappa shape index (κ3) is 2.96. The van der Waals surface area contributed by atoms with E-state index in [4.69, 9.17) is 11.6 Å². The Morgan fingerprint density at radius 2 is 2.13 bits per heavy atom. The van der Waals surface area contributed by atoms with E-state index in [9.17, 15) is 4.79 Å². The third-order valence-electron chi connectivity index (χ3n) is 2.60. The van der Waals surface area contributed by atoms with Crippen LogP contribution in [0.25, 0.3) is 0 Å². The second-order valence-corrected chi connectivity index (χ2v) is 4.31. The zero-order valence-corrected chi connectivity index (χ0v) is 9.26. The molecule has 1 aromatic carbocycles. The van der Waals surface area contributed by atoms with Crippen molar-refractivity contribution in [3.05, 3.63) is 34.9 Å². The maximum absolute atomic E-state index is 11.3. The molecule has 1 N–H and O–H groups in total. The van der Waals surface area contributed by atoms with Crippen LogP contribution in [-0.4, -0.2) is 12.5 Å². The summed E-state index contributed by atoms with van der Waals surface area (Å²) in [4.78, 5) is 11.3. The number of nitrogens with one attached hydrogen (secondary N) is 1. The summed E-state index contributed by atoms with van der Waals surface area (Å²) in [6.07, 6.45) is 2.91. The minimum absolute atomic E-state index is 0.196. The van der Waals surface area contributed by atoms with Gasteiger partial charge in [0, 0.05) is 17.5 Å². The Morgan fingerprint density at radius 3 is 2.80 bits per heavy atom. The van der Waals surface area contributed by atoms with Gasteiger partial charge in [0.15, 0.2) is 0 Å². The lowest BCUT2D eigenvalue weighted by Gasteiger charge is -2.05. The van der Waals surface area contributed by atoms with Gasteiger partial charge >= 0.3 is 0 Å². The Bertz CT molecular complexity index is 360. The van der Waals surface area contributed by atoms with Gasteiger partial charge in [0.25, 0.3) is 0 Å². The van der Waals surface area contributed by atoms with Crippen LogP contribution in [0.3, 0.4) is 0 Å². The number of hydrogen-bond acceptors (Lipinski definition) is 1. The summed E-state index contributed by atoms with van der Waals surface area (Å²) in [5, 5.41) is 3.70. The van der Waals surface area contributed by atoms with Crippen molar-refractivity contribution >= 4 is 17.5 Å². The highest BCUT2D eigenvalue weighted by atomic mass is 35.5. The van der Waals surface area contributed by atoms with Gasteiger partial charge in [-0.3, -0.25) is 4.79 Å². The first kappa shape index (κ1) is 10.5. The molecule has 0 aliphatic heterocycles.